The van der Waals surface area contributed by atoms with E-state index < -0.39 is 0 Å². The molecule has 0 atom stereocenters. The molecule has 286 valence electrons. The topological polar surface area (TPSA) is 64.9 Å². The minimum Gasteiger partial charge on any atom is -0.339 e. The van der Waals surface area contributed by atoms with E-state index in [0.29, 0.717) is 19.6 Å². The summed E-state index contributed by atoms with van der Waals surface area (Å²) in [4.78, 5) is 13.5. The monoisotopic (exact) mass is 780 g/mol. The number of hydrogen-bond acceptors (Lipinski definition) is 4. The molecule has 6 nitrogen and oxygen atoms in total. The zero-order valence-corrected chi connectivity index (χ0v) is 34.0. The third kappa shape index (κ3) is 7.68. The molecule has 0 unspecified atom stereocenters. The number of pyridine rings is 2. The van der Waals surface area contributed by atoms with Crippen LogP contribution >= 0.6 is 23.2 Å². The van der Waals surface area contributed by atoms with Crippen molar-refractivity contribution in [2.24, 2.45) is 5.73 Å². The van der Waals surface area contributed by atoms with Gasteiger partial charge in [-0.15, -0.1) is 0 Å². The highest BCUT2D eigenvalue weighted by Gasteiger charge is 2.22. The van der Waals surface area contributed by atoms with Crippen LogP contribution in [-0.4, -0.2) is 37.1 Å². The molecule has 0 fully saturated rings. The first kappa shape index (κ1) is 38.2. The number of hydrogen-bond donors (Lipinski definition) is 1. The van der Waals surface area contributed by atoms with E-state index >= 15 is 0 Å². The number of aromatic nitrogens is 4. The van der Waals surface area contributed by atoms with Crippen molar-refractivity contribution in [1.29, 1.82) is 0 Å². The lowest BCUT2D eigenvalue weighted by molar-refractivity contribution is 0.246. The first-order valence-electron chi connectivity index (χ1n) is 20.2. The van der Waals surface area contributed by atoms with Crippen LogP contribution in [0, 0.1) is 0 Å². The zero-order valence-electron chi connectivity index (χ0n) is 32.4. The maximum Gasteiger partial charge on any atom is 0.0949 e. The van der Waals surface area contributed by atoms with Crippen molar-refractivity contribution in [1.82, 2.24) is 24.0 Å². The summed E-state index contributed by atoms with van der Waals surface area (Å²) in [6.45, 7) is 9.25. The Morgan fingerprint density at radius 2 is 1.00 bits per heavy atom. The molecule has 0 bridgehead atoms. The average molecular weight is 782 g/mol. The Labute approximate surface area is 339 Å². The number of aryl methyl sites for hydroxylation is 2. The quantitative estimate of drug-likeness (QED) is 0.0992. The molecule has 0 saturated heterocycles. The number of halogens is 2. The smallest absolute Gasteiger partial charge is 0.0949 e. The van der Waals surface area contributed by atoms with Crippen molar-refractivity contribution in [2.75, 3.05) is 13.1 Å². The number of fused-ring (bicyclic) bond motifs is 6. The van der Waals surface area contributed by atoms with Crippen molar-refractivity contribution in [3.63, 3.8) is 0 Å². The fourth-order valence-corrected chi connectivity index (χ4v) is 8.54. The Kier molecular flexibility index (Phi) is 11.7. The van der Waals surface area contributed by atoms with Gasteiger partial charge in [0.15, 0.2) is 0 Å². The second-order valence-electron chi connectivity index (χ2n) is 15.0. The molecule has 8 heteroatoms. The fraction of sp³-hybridized carbons (Fsp3) is 0.292. The van der Waals surface area contributed by atoms with Crippen molar-refractivity contribution >= 4 is 66.8 Å². The Morgan fingerprint density at radius 1 is 0.554 bits per heavy atom. The van der Waals surface area contributed by atoms with E-state index in [0.717, 1.165) is 102 Å². The molecule has 8 rings (SSSR count). The zero-order chi connectivity index (χ0) is 38.6. The number of nitrogens with zero attached hydrogens (tertiary/aromatic N) is 5. The van der Waals surface area contributed by atoms with Crippen LogP contribution in [0.5, 0.6) is 0 Å². The van der Waals surface area contributed by atoms with Crippen LogP contribution in [0.25, 0.3) is 66.1 Å². The molecule has 0 aliphatic heterocycles. The summed E-state index contributed by atoms with van der Waals surface area (Å²) >= 11 is 12.8. The molecule has 4 heterocycles. The summed E-state index contributed by atoms with van der Waals surface area (Å²) in [7, 11) is 0. The lowest BCUT2D eigenvalue weighted by Crippen LogP contribution is -2.26. The van der Waals surface area contributed by atoms with Gasteiger partial charge in [0.2, 0.25) is 0 Å². The molecule has 4 aromatic carbocycles. The van der Waals surface area contributed by atoms with Gasteiger partial charge in [0.25, 0.3) is 0 Å². The largest absolute Gasteiger partial charge is 0.339 e. The average Bonchev–Trinajstić information content (AvgIpc) is 3.71. The van der Waals surface area contributed by atoms with E-state index in [4.69, 9.17) is 38.9 Å². The van der Waals surface area contributed by atoms with E-state index in [1.54, 1.807) is 0 Å². The molecule has 0 saturated carbocycles. The molecule has 0 radical (unpaired) electrons. The normalized spacial score (nSPS) is 12.0. The van der Waals surface area contributed by atoms with Crippen LogP contribution in [-0.2, 0) is 26.2 Å². The molecular weight excluding hydrogens is 731 g/mol. The highest BCUT2D eigenvalue weighted by molar-refractivity contribution is 6.31. The van der Waals surface area contributed by atoms with E-state index in [1.165, 1.54) is 43.6 Å². The van der Waals surface area contributed by atoms with Gasteiger partial charge >= 0.3 is 0 Å². The van der Waals surface area contributed by atoms with Gasteiger partial charge < -0.3 is 14.9 Å². The predicted molar refractivity (Wildman–Crippen MR) is 238 cm³/mol. The second kappa shape index (κ2) is 17.2. The molecule has 0 amide bonds. The van der Waals surface area contributed by atoms with Gasteiger partial charge in [-0.2, -0.15) is 0 Å². The lowest BCUT2D eigenvalue weighted by Gasteiger charge is -2.23. The SMILES string of the molecule is CCCCn1c2ccccc2c2cc(CN(CCCCN)Cc3cc4c5ccccc5n(CCCC)c4c(-c4ccc(Cl)cc4)n3)nc(-c3ccc(Cl)cc3)c21. The Balaban J connectivity index is 1.27. The summed E-state index contributed by atoms with van der Waals surface area (Å²) in [6.07, 6.45) is 6.37. The van der Waals surface area contributed by atoms with E-state index in [2.05, 4.69) is 113 Å². The number of benzene rings is 4. The molecule has 0 aliphatic rings. The van der Waals surface area contributed by atoms with E-state index in [9.17, 15) is 0 Å². The van der Waals surface area contributed by atoms with E-state index in [1.807, 2.05) is 24.3 Å². The highest BCUT2D eigenvalue weighted by atomic mass is 35.5. The lowest BCUT2D eigenvalue weighted by atomic mass is 10.1. The van der Waals surface area contributed by atoms with E-state index in [-0.39, 0.29) is 0 Å². The fourth-order valence-electron chi connectivity index (χ4n) is 8.28. The molecule has 0 aliphatic carbocycles. The number of nitrogens with two attached hydrogens (primary N) is 1. The first-order chi connectivity index (χ1) is 27.5. The number of rotatable bonds is 16. The van der Waals surface area contributed by atoms with Crippen molar-refractivity contribution in [3.8, 4) is 22.5 Å². The summed E-state index contributed by atoms with van der Waals surface area (Å²) in [5.41, 5.74) is 17.1. The van der Waals surface area contributed by atoms with Gasteiger partial charge in [-0.1, -0.05) is 111 Å². The third-order valence-electron chi connectivity index (χ3n) is 11.0. The summed E-state index contributed by atoms with van der Waals surface area (Å²) in [5.74, 6) is 0. The first-order valence-corrected chi connectivity index (χ1v) is 21.0. The van der Waals surface area contributed by atoms with Crippen LogP contribution in [0.4, 0.5) is 0 Å². The number of unbranched alkanes of at least 4 members (excludes halogenated alkanes) is 3. The van der Waals surface area contributed by atoms with Gasteiger partial charge in [0.1, 0.15) is 0 Å². The number of para-hydroxylation sites is 2. The van der Waals surface area contributed by atoms with Crippen LogP contribution in [0.1, 0.15) is 63.8 Å². The van der Waals surface area contributed by atoms with Crippen molar-refractivity contribution in [3.05, 3.63) is 131 Å². The van der Waals surface area contributed by atoms with Gasteiger partial charge in [-0.25, -0.2) is 9.97 Å². The highest BCUT2D eigenvalue weighted by Crippen LogP contribution is 2.38. The van der Waals surface area contributed by atoms with Gasteiger partial charge in [-0.05, 0) is 87.3 Å². The third-order valence-corrected chi connectivity index (χ3v) is 11.5. The summed E-state index contributed by atoms with van der Waals surface area (Å²) in [5, 5.41) is 6.41. The minimum atomic E-state index is 0.665. The molecular formula is C48H50Cl2N6. The maximum atomic E-state index is 6.41. The van der Waals surface area contributed by atoms with Crippen LogP contribution in [0.3, 0.4) is 0 Å². The second-order valence-corrected chi connectivity index (χ2v) is 15.9. The van der Waals surface area contributed by atoms with Crippen LogP contribution in [0.2, 0.25) is 10.0 Å². The molecule has 56 heavy (non-hydrogen) atoms. The van der Waals surface area contributed by atoms with Gasteiger partial charge in [-0.3, -0.25) is 4.90 Å². The predicted octanol–water partition coefficient (Wildman–Crippen LogP) is 12.7. The summed E-state index contributed by atoms with van der Waals surface area (Å²) in [6, 6.07) is 38.5. The standard InChI is InChI=1S/C48H50Cl2N6/c1-3-5-27-55-43-15-9-7-13-39(43)41-29-37(52-45(47(41)55)33-17-21-35(49)22-18-33)31-54(26-12-11-25-51)32-38-30-42-40-14-8-10-16-44(40)56(28-6-4-2)48(42)46(53-38)34-19-23-36(50)24-20-34/h7-10,13-24,29-30H,3-6,11-12,25-28,31-32,51H2,1-2H3. The van der Waals surface area contributed by atoms with Gasteiger partial charge in [0.05, 0.1) is 33.8 Å². The Morgan fingerprint density at radius 3 is 1.43 bits per heavy atom. The molecule has 2 N–H and O–H groups in total. The van der Waals surface area contributed by atoms with Gasteiger partial charge in [0, 0.05) is 79.9 Å². The van der Waals surface area contributed by atoms with Crippen LogP contribution in [0.15, 0.2) is 109 Å². The maximum absolute atomic E-state index is 6.41. The van der Waals surface area contributed by atoms with Crippen LogP contribution < -0.4 is 5.73 Å². The Hall–Kier alpha value is -4.72. The molecule has 4 aromatic heterocycles. The van der Waals surface area contributed by atoms with Crippen molar-refractivity contribution in [2.45, 2.75) is 78.6 Å². The minimum absolute atomic E-state index is 0.665. The molecule has 8 aromatic rings. The van der Waals surface area contributed by atoms with Crippen molar-refractivity contribution < 1.29 is 0 Å². The Bertz CT molecular complexity index is 2430. The molecule has 0 spiro atoms. The summed E-state index contributed by atoms with van der Waals surface area (Å²) < 4.78 is 4.95.